The Hall–Kier alpha value is -3.11. The number of piperazine rings is 1. The minimum atomic E-state index is -4.50. The van der Waals surface area contributed by atoms with Crippen molar-refractivity contribution < 1.29 is 26.4 Å². The van der Waals surface area contributed by atoms with Crippen LogP contribution in [0.3, 0.4) is 0 Å². The van der Waals surface area contributed by atoms with E-state index in [4.69, 9.17) is 0 Å². The summed E-state index contributed by atoms with van der Waals surface area (Å²) in [5.74, 6) is 0.0248. The van der Waals surface area contributed by atoms with Gasteiger partial charge in [0.15, 0.2) is 0 Å². The summed E-state index contributed by atoms with van der Waals surface area (Å²) < 4.78 is 65.3. The number of nitrogens with one attached hydrogen (secondary N) is 1. The van der Waals surface area contributed by atoms with Crippen molar-refractivity contribution in [2.24, 2.45) is 5.92 Å². The molecule has 0 bridgehead atoms. The van der Waals surface area contributed by atoms with Crippen molar-refractivity contribution in [3.8, 4) is 0 Å². The van der Waals surface area contributed by atoms with Gasteiger partial charge < -0.3 is 9.80 Å². The van der Waals surface area contributed by atoms with E-state index in [1.165, 1.54) is 4.31 Å². The summed E-state index contributed by atoms with van der Waals surface area (Å²) in [6, 6.07) is 0. The van der Waals surface area contributed by atoms with Gasteiger partial charge >= 0.3 is 6.18 Å². The van der Waals surface area contributed by atoms with Crippen LogP contribution in [0.4, 0.5) is 19.1 Å². The predicted octanol–water partition coefficient (Wildman–Crippen LogP) is 0.210. The summed E-state index contributed by atoms with van der Waals surface area (Å²) in [5, 5.41) is 6.45. The first-order chi connectivity index (χ1) is 19.0. The maximum absolute atomic E-state index is 13.1. The number of nitrogens with zero attached hydrogens (tertiary/aromatic N) is 7. The molecule has 2 aromatic rings. The summed E-state index contributed by atoms with van der Waals surface area (Å²) in [6.07, 6.45) is -1.27. The van der Waals surface area contributed by atoms with Crippen molar-refractivity contribution in [1.29, 1.82) is 0 Å². The zero-order valence-electron chi connectivity index (χ0n) is 21.6. The third-order valence-electron chi connectivity index (χ3n) is 8.05. The monoisotopic (exact) mass is 582 g/mol. The number of fused-ring (bicyclic) bond motifs is 1. The molecule has 0 unspecified atom stereocenters. The quantitative estimate of drug-likeness (QED) is 0.507. The smallest absolute Gasteiger partial charge is 0.339 e. The summed E-state index contributed by atoms with van der Waals surface area (Å²) >= 11 is 0. The summed E-state index contributed by atoms with van der Waals surface area (Å²) in [5.41, 5.74) is 0.671. The number of halogens is 3. The molecular formula is C24H29F3N8O4S. The molecule has 1 saturated carbocycles. The fourth-order valence-corrected chi connectivity index (χ4v) is 7.32. The molecule has 1 N–H and O–H groups in total. The first-order valence-electron chi connectivity index (χ1n) is 13.2. The van der Waals surface area contributed by atoms with E-state index in [1.54, 1.807) is 9.80 Å². The molecule has 2 aromatic heterocycles. The number of alkyl halides is 3. The molecule has 6 rings (SSSR count). The molecule has 40 heavy (non-hydrogen) atoms. The highest BCUT2D eigenvalue weighted by atomic mass is 32.2. The molecule has 0 atom stereocenters. The Balaban J connectivity index is 1.02. The normalized spacial score (nSPS) is 21.3. The van der Waals surface area contributed by atoms with E-state index in [0.717, 1.165) is 12.4 Å². The number of rotatable bonds is 6. The minimum absolute atomic E-state index is 0.0161. The zero-order valence-corrected chi connectivity index (χ0v) is 22.4. The van der Waals surface area contributed by atoms with Crippen molar-refractivity contribution in [1.82, 2.24) is 34.3 Å². The third kappa shape index (κ3) is 5.19. The lowest BCUT2D eigenvalue weighted by Gasteiger charge is -2.43. The summed E-state index contributed by atoms with van der Waals surface area (Å²) in [6.45, 7) is 3.53. The number of sulfonamides is 1. The van der Waals surface area contributed by atoms with E-state index >= 15 is 0 Å². The molecule has 3 aliphatic heterocycles. The van der Waals surface area contributed by atoms with E-state index in [1.807, 2.05) is 4.90 Å². The van der Waals surface area contributed by atoms with Crippen LogP contribution in [-0.4, -0.2) is 99.7 Å². The lowest BCUT2D eigenvalue weighted by atomic mass is 9.96. The Kier molecular flexibility index (Phi) is 6.81. The second kappa shape index (κ2) is 10.1. The van der Waals surface area contributed by atoms with Gasteiger partial charge in [-0.2, -0.15) is 22.6 Å². The van der Waals surface area contributed by atoms with Gasteiger partial charge in [-0.3, -0.25) is 14.5 Å². The number of hydrogen-bond donors (Lipinski definition) is 1. The second-order valence-corrected chi connectivity index (χ2v) is 13.0. The van der Waals surface area contributed by atoms with Crippen LogP contribution in [0.1, 0.15) is 35.2 Å². The largest absolute Gasteiger partial charge is 0.419 e. The lowest BCUT2D eigenvalue weighted by Crippen LogP contribution is -2.57. The number of aromatic nitrogens is 4. The molecule has 4 aliphatic rings. The van der Waals surface area contributed by atoms with E-state index < -0.39 is 21.8 Å². The van der Waals surface area contributed by atoms with E-state index in [0.29, 0.717) is 81.9 Å². The first kappa shape index (κ1) is 27.1. The summed E-state index contributed by atoms with van der Waals surface area (Å²) in [7, 11) is -3.37. The van der Waals surface area contributed by atoms with Gasteiger partial charge in [0.2, 0.25) is 21.9 Å². The lowest BCUT2D eigenvalue weighted by molar-refractivity contribution is -0.142. The molecule has 1 amide bonds. The molecule has 0 radical (unpaired) electrons. The van der Waals surface area contributed by atoms with Crippen molar-refractivity contribution >= 4 is 21.9 Å². The van der Waals surface area contributed by atoms with Crippen LogP contribution < -0.4 is 10.5 Å². The minimum Gasteiger partial charge on any atom is -0.339 e. The van der Waals surface area contributed by atoms with E-state index in [2.05, 4.69) is 20.2 Å². The molecule has 0 aromatic carbocycles. The standard InChI is InChI=1S/C24H29F3N8O4S/c25-24(26,27)16-9-28-23(29-10-16)34-7-5-33(6-8-34)22(37)15-11-32(12-15)14-20-19-13-35(40(38,39)17-1-2-17)4-3-18(19)21(36)31-30-20/h9-10,15,17H,1-8,11-14H2,(H,31,36). The Morgan fingerprint density at radius 1 is 1.02 bits per heavy atom. The van der Waals surface area contributed by atoms with Crippen molar-refractivity contribution in [3.05, 3.63) is 45.1 Å². The SMILES string of the molecule is O=C(C1CN(Cc2n[nH]c(=O)c3c2CN(S(=O)(=O)C2CC2)CC3)C1)N1CCN(c2ncc(C(F)(F)F)cn2)CC1. The maximum Gasteiger partial charge on any atom is 0.419 e. The number of amides is 1. The average Bonchev–Trinajstić information content (AvgIpc) is 3.77. The highest BCUT2D eigenvalue weighted by Gasteiger charge is 2.42. The Morgan fingerprint density at radius 2 is 1.70 bits per heavy atom. The Morgan fingerprint density at radius 3 is 2.33 bits per heavy atom. The van der Waals surface area contributed by atoms with Gasteiger partial charge in [-0.15, -0.1) is 0 Å². The number of aromatic amines is 1. The molecule has 1 aliphatic carbocycles. The molecule has 16 heteroatoms. The topological polar surface area (TPSA) is 136 Å². The number of hydrogen-bond acceptors (Lipinski definition) is 9. The Labute approximate surface area is 228 Å². The number of carbonyl (C=O) groups excluding carboxylic acids is 1. The van der Waals surface area contributed by atoms with Gasteiger partial charge in [0.25, 0.3) is 5.56 Å². The van der Waals surface area contributed by atoms with Crippen LogP contribution in [0.5, 0.6) is 0 Å². The van der Waals surface area contributed by atoms with Crippen molar-refractivity contribution in [3.63, 3.8) is 0 Å². The van der Waals surface area contributed by atoms with E-state index in [9.17, 15) is 31.2 Å². The van der Waals surface area contributed by atoms with Gasteiger partial charge in [0, 0.05) is 82.4 Å². The van der Waals surface area contributed by atoms with Crippen LogP contribution in [0, 0.1) is 5.92 Å². The van der Waals surface area contributed by atoms with Crippen LogP contribution in [0.25, 0.3) is 0 Å². The van der Waals surface area contributed by atoms with Gasteiger partial charge in [-0.25, -0.2) is 23.5 Å². The van der Waals surface area contributed by atoms with Crippen LogP contribution in [0.15, 0.2) is 17.2 Å². The number of anilines is 1. The molecule has 216 valence electrons. The fourth-order valence-electron chi connectivity index (χ4n) is 5.52. The van der Waals surface area contributed by atoms with Gasteiger partial charge in [-0.1, -0.05) is 0 Å². The van der Waals surface area contributed by atoms with Crippen LogP contribution in [0.2, 0.25) is 0 Å². The van der Waals surface area contributed by atoms with Crippen LogP contribution >= 0.6 is 0 Å². The number of H-pyrrole nitrogens is 1. The number of likely N-dealkylation sites (tertiary alicyclic amines) is 1. The second-order valence-electron chi connectivity index (χ2n) is 10.8. The molecular weight excluding hydrogens is 553 g/mol. The average molecular weight is 583 g/mol. The van der Waals surface area contributed by atoms with Gasteiger partial charge in [0.1, 0.15) is 0 Å². The molecule has 0 spiro atoms. The van der Waals surface area contributed by atoms with Gasteiger partial charge in [0.05, 0.1) is 22.4 Å². The molecule has 5 heterocycles. The zero-order chi connectivity index (χ0) is 28.2. The van der Waals surface area contributed by atoms with Crippen LogP contribution in [-0.2, 0) is 40.5 Å². The Bertz CT molecular complexity index is 1450. The van der Waals surface area contributed by atoms with Gasteiger partial charge in [-0.05, 0) is 19.3 Å². The molecule has 2 saturated heterocycles. The fraction of sp³-hybridized carbons (Fsp3) is 0.625. The molecule has 3 fully saturated rings. The predicted molar refractivity (Wildman–Crippen MR) is 136 cm³/mol. The highest BCUT2D eigenvalue weighted by Crippen LogP contribution is 2.34. The highest BCUT2D eigenvalue weighted by molar-refractivity contribution is 7.90. The summed E-state index contributed by atoms with van der Waals surface area (Å²) in [4.78, 5) is 38.7. The number of carbonyl (C=O) groups is 1. The van der Waals surface area contributed by atoms with Crippen molar-refractivity contribution in [2.45, 2.75) is 43.8 Å². The first-order valence-corrected chi connectivity index (χ1v) is 14.7. The third-order valence-corrected chi connectivity index (χ3v) is 10.4. The van der Waals surface area contributed by atoms with Crippen molar-refractivity contribution in [2.75, 3.05) is 50.7 Å². The maximum atomic E-state index is 13.1. The van der Waals surface area contributed by atoms with E-state index in [-0.39, 0.29) is 41.7 Å². The molecule has 12 nitrogen and oxygen atoms in total.